The van der Waals surface area contributed by atoms with Crippen molar-refractivity contribution >= 4 is 32.3 Å². The van der Waals surface area contributed by atoms with Gasteiger partial charge in [-0.1, -0.05) is 113 Å². The van der Waals surface area contributed by atoms with Crippen LogP contribution in [0.3, 0.4) is 0 Å². The summed E-state index contributed by atoms with van der Waals surface area (Å²) < 4.78 is 6.62. The van der Waals surface area contributed by atoms with Crippen LogP contribution in [-0.2, 0) is 20.3 Å². The van der Waals surface area contributed by atoms with Gasteiger partial charge < -0.3 is 9.84 Å². The summed E-state index contributed by atoms with van der Waals surface area (Å²) in [5, 5.41) is 18.3. The molecule has 4 nitrogen and oxygen atoms in total. The second kappa shape index (κ2) is 7.57. The lowest BCUT2D eigenvalue weighted by molar-refractivity contribution is -0.626. The summed E-state index contributed by atoms with van der Waals surface area (Å²) in [5.74, 6) is -0.960. The van der Waals surface area contributed by atoms with Gasteiger partial charge in [0, 0.05) is 27.3 Å². The Morgan fingerprint density at radius 3 is 2.13 bits per heavy atom. The number of phenols is 1. The topological polar surface area (TPSA) is 47.9 Å². The molecule has 5 aromatic carbocycles. The highest BCUT2D eigenvalue weighted by atomic mass is 17.3. The molecular formula is C34H32O4. The van der Waals surface area contributed by atoms with Gasteiger partial charge in [-0.25, -0.2) is 4.89 Å². The second-order valence-electron chi connectivity index (χ2n) is 12.4. The molecule has 0 radical (unpaired) electrons. The van der Waals surface area contributed by atoms with Crippen LogP contribution < -0.4 is 0 Å². The van der Waals surface area contributed by atoms with E-state index in [2.05, 4.69) is 83.1 Å². The maximum atomic E-state index is 11.8. The quantitative estimate of drug-likeness (QED) is 0.193. The summed E-state index contributed by atoms with van der Waals surface area (Å²) in [6.07, 6.45) is 0. The van der Waals surface area contributed by atoms with Crippen molar-refractivity contribution in [2.45, 2.75) is 46.0 Å². The average Bonchev–Trinajstić information content (AvgIpc) is 3.04. The minimum atomic E-state index is -1.15. The Balaban J connectivity index is 1.68. The average molecular weight is 505 g/mol. The molecule has 0 bridgehead atoms. The highest BCUT2D eigenvalue weighted by Crippen LogP contribution is 2.70. The highest BCUT2D eigenvalue weighted by Gasteiger charge is 2.81. The molecule has 0 amide bonds. The van der Waals surface area contributed by atoms with E-state index in [1.165, 1.54) is 0 Å². The summed E-state index contributed by atoms with van der Waals surface area (Å²) >= 11 is 0. The largest absolute Gasteiger partial charge is 0.507 e. The predicted octanol–water partition coefficient (Wildman–Crippen LogP) is 8.47. The standard InChI is InChI=1S/C34H32O4/c1-31(2,3)34-32(4,5)20-36-33(34,37-38-34)26-19-27(35)29(22-12-7-6-8-13-22)30-25(26)18-17-23-16-15-21-11-9-10-14-24(21)28(23)30/h6-19,35H,20H2,1-5H3. The normalized spacial score (nSPS) is 24.6. The number of ether oxygens (including phenoxy) is 1. The van der Waals surface area contributed by atoms with Crippen molar-refractivity contribution in [1.82, 2.24) is 0 Å². The third-order valence-corrected chi connectivity index (χ3v) is 8.80. The van der Waals surface area contributed by atoms with Gasteiger partial charge in [-0.2, -0.15) is 4.89 Å². The Morgan fingerprint density at radius 2 is 1.42 bits per heavy atom. The second-order valence-corrected chi connectivity index (χ2v) is 12.4. The first kappa shape index (κ1) is 23.7. The Hall–Kier alpha value is -3.44. The third kappa shape index (κ3) is 2.75. The van der Waals surface area contributed by atoms with E-state index in [-0.39, 0.29) is 16.6 Å². The van der Waals surface area contributed by atoms with Crippen LogP contribution in [0, 0.1) is 10.8 Å². The van der Waals surface area contributed by atoms with Crippen molar-refractivity contribution in [1.29, 1.82) is 0 Å². The maximum Gasteiger partial charge on any atom is 0.262 e. The van der Waals surface area contributed by atoms with E-state index in [4.69, 9.17) is 14.5 Å². The molecule has 7 rings (SSSR count). The van der Waals surface area contributed by atoms with E-state index in [9.17, 15) is 5.11 Å². The fourth-order valence-corrected chi connectivity index (χ4v) is 7.38. The highest BCUT2D eigenvalue weighted by molar-refractivity contribution is 6.25. The molecule has 2 fully saturated rings. The smallest absolute Gasteiger partial charge is 0.262 e. The van der Waals surface area contributed by atoms with Crippen LogP contribution in [0.5, 0.6) is 5.75 Å². The first-order chi connectivity index (χ1) is 18.1. The van der Waals surface area contributed by atoms with Gasteiger partial charge >= 0.3 is 0 Å². The van der Waals surface area contributed by atoms with Crippen LogP contribution in [0.2, 0.25) is 0 Å². The summed E-state index contributed by atoms with van der Waals surface area (Å²) in [6, 6.07) is 29.0. The number of aromatic hydroxyl groups is 1. The number of phenolic OH excluding ortho intramolecular Hbond substituents is 1. The minimum absolute atomic E-state index is 0.195. The van der Waals surface area contributed by atoms with E-state index < -0.39 is 11.4 Å². The van der Waals surface area contributed by atoms with E-state index in [0.717, 1.165) is 49.0 Å². The Kier molecular flexibility index (Phi) is 4.71. The van der Waals surface area contributed by atoms with Gasteiger partial charge in [-0.05, 0) is 38.6 Å². The summed E-state index contributed by atoms with van der Waals surface area (Å²) in [4.78, 5) is 12.2. The van der Waals surface area contributed by atoms with Gasteiger partial charge in [0.2, 0.25) is 0 Å². The molecule has 192 valence electrons. The molecule has 2 saturated heterocycles. The molecule has 2 aliphatic heterocycles. The van der Waals surface area contributed by atoms with Crippen molar-refractivity contribution in [2.75, 3.05) is 6.61 Å². The number of rotatable bonds is 2. The van der Waals surface area contributed by atoms with E-state index in [0.29, 0.717) is 6.61 Å². The first-order valence-corrected chi connectivity index (χ1v) is 13.3. The molecule has 2 heterocycles. The number of benzene rings is 5. The van der Waals surface area contributed by atoms with Crippen molar-refractivity contribution in [3.63, 3.8) is 0 Å². The van der Waals surface area contributed by atoms with Gasteiger partial charge in [0.25, 0.3) is 5.79 Å². The minimum Gasteiger partial charge on any atom is -0.507 e. The van der Waals surface area contributed by atoms with Crippen molar-refractivity contribution in [3.8, 4) is 16.9 Å². The van der Waals surface area contributed by atoms with Crippen LogP contribution in [0.25, 0.3) is 43.4 Å². The SMILES string of the molecule is CC(C)(C)C12OOC1(c1cc(O)c(-c3ccccc3)c3c1ccc1ccc4ccccc4c13)OCC2(C)C. The summed E-state index contributed by atoms with van der Waals surface area (Å²) in [6.45, 7) is 11.3. The van der Waals surface area contributed by atoms with Crippen molar-refractivity contribution in [2.24, 2.45) is 10.8 Å². The zero-order chi connectivity index (χ0) is 26.5. The van der Waals surface area contributed by atoms with Gasteiger partial charge in [-0.3, -0.25) is 0 Å². The molecule has 2 atom stereocenters. The van der Waals surface area contributed by atoms with Gasteiger partial charge in [0.15, 0.2) is 5.60 Å². The molecule has 5 aromatic rings. The van der Waals surface area contributed by atoms with E-state index in [1.807, 2.05) is 36.4 Å². The summed E-state index contributed by atoms with van der Waals surface area (Å²) in [5.41, 5.74) is 1.17. The fraction of sp³-hybridized carbons (Fsp3) is 0.294. The van der Waals surface area contributed by atoms with Crippen LogP contribution in [0.15, 0.2) is 84.9 Å². The number of hydrogen-bond donors (Lipinski definition) is 1. The number of hydrogen-bond acceptors (Lipinski definition) is 4. The molecule has 0 aliphatic carbocycles. The van der Waals surface area contributed by atoms with Crippen LogP contribution in [0.4, 0.5) is 0 Å². The molecule has 2 unspecified atom stereocenters. The van der Waals surface area contributed by atoms with Gasteiger partial charge in [0.1, 0.15) is 5.75 Å². The lowest BCUT2D eigenvalue weighted by Crippen LogP contribution is -2.73. The molecule has 4 heteroatoms. The Bertz CT molecular complexity index is 1750. The van der Waals surface area contributed by atoms with Crippen LogP contribution >= 0.6 is 0 Å². The molecule has 38 heavy (non-hydrogen) atoms. The van der Waals surface area contributed by atoms with E-state index in [1.54, 1.807) is 0 Å². The van der Waals surface area contributed by atoms with Crippen LogP contribution in [0.1, 0.15) is 40.2 Å². The number of fused-ring (bicyclic) bond motifs is 6. The maximum absolute atomic E-state index is 11.8. The third-order valence-electron chi connectivity index (χ3n) is 8.80. The van der Waals surface area contributed by atoms with Crippen molar-refractivity contribution < 1.29 is 19.6 Å². The molecule has 1 N–H and O–H groups in total. The molecule has 0 aromatic heterocycles. The summed E-state index contributed by atoms with van der Waals surface area (Å²) in [7, 11) is 0. The van der Waals surface area contributed by atoms with Crippen LogP contribution in [-0.4, -0.2) is 17.3 Å². The fourth-order valence-electron chi connectivity index (χ4n) is 7.38. The van der Waals surface area contributed by atoms with Gasteiger partial charge in [-0.15, -0.1) is 0 Å². The van der Waals surface area contributed by atoms with Crippen molar-refractivity contribution in [3.05, 3.63) is 90.5 Å². The Labute approximate surface area is 222 Å². The molecule has 0 spiro atoms. The molecule has 2 aliphatic rings. The predicted molar refractivity (Wildman–Crippen MR) is 152 cm³/mol. The lowest BCUT2D eigenvalue weighted by Gasteiger charge is -2.61. The van der Waals surface area contributed by atoms with Gasteiger partial charge in [0.05, 0.1) is 6.61 Å². The Morgan fingerprint density at radius 1 is 0.737 bits per heavy atom. The molecular weight excluding hydrogens is 472 g/mol. The zero-order valence-electron chi connectivity index (χ0n) is 22.5. The first-order valence-electron chi connectivity index (χ1n) is 13.3. The van der Waals surface area contributed by atoms with E-state index >= 15 is 0 Å². The lowest BCUT2D eigenvalue weighted by atomic mass is 9.57. The zero-order valence-corrected chi connectivity index (χ0v) is 22.5. The monoisotopic (exact) mass is 504 g/mol. The molecule has 0 saturated carbocycles.